The Bertz CT molecular complexity index is 374. The first-order valence-corrected chi connectivity index (χ1v) is 6.97. The van der Waals surface area contributed by atoms with Crippen LogP contribution in [0.2, 0.25) is 0 Å². The summed E-state index contributed by atoms with van der Waals surface area (Å²) in [6, 6.07) is 8.42. The Kier molecular flexibility index (Phi) is 3.91. The van der Waals surface area contributed by atoms with Gasteiger partial charge in [-0.2, -0.15) is 0 Å². The van der Waals surface area contributed by atoms with Gasteiger partial charge in [0.2, 0.25) is 0 Å². The first-order chi connectivity index (χ1) is 8.00. The quantitative estimate of drug-likeness (QED) is 0.906. The van der Waals surface area contributed by atoms with Crippen LogP contribution in [-0.4, -0.2) is 28.2 Å². The fourth-order valence-electron chi connectivity index (χ4n) is 2.42. The summed E-state index contributed by atoms with van der Waals surface area (Å²) in [5, 5.41) is 10.1. The molecule has 0 spiro atoms. The molecule has 0 radical (unpaired) electrons. The largest absolute Gasteiger partial charge is 0.391 e. The number of rotatable bonds is 2. The summed E-state index contributed by atoms with van der Waals surface area (Å²) in [7, 11) is 0. The number of hydrogen-bond acceptors (Lipinski definition) is 2. The van der Waals surface area contributed by atoms with Gasteiger partial charge in [-0.25, -0.2) is 0 Å². The van der Waals surface area contributed by atoms with Gasteiger partial charge in [0.1, 0.15) is 0 Å². The van der Waals surface area contributed by atoms with E-state index in [-0.39, 0.29) is 11.6 Å². The number of piperidine rings is 1. The lowest BCUT2D eigenvalue weighted by Gasteiger charge is -2.46. The van der Waals surface area contributed by atoms with Crippen LogP contribution in [0.15, 0.2) is 28.7 Å². The van der Waals surface area contributed by atoms with Crippen LogP contribution < -0.4 is 0 Å². The van der Waals surface area contributed by atoms with Gasteiger partial charge in [-0.3, -0.25) is 4.90 Å². The monoisotopic (exact) mass is 297 g/mol. The summed E-state index contributed by atoms with van der Waals surface area (Å²) in [6.07, 6.45) is 1.79. The van der Waals surface area contributed by atoms with Crippen molar-refractivity contribution in [2.75, 3.05) is 6.54 Å². The molecule has 1 atom stereocenters. The molecule has 0 aromatic heterocycles. The molecule has 1 unspecified atom stereocenters. The normalized spacial score (nSPS) is 24.8. The second kappa shape index (κ2) is 5.09. The van der Waals surface area contributed by atoms with E-state index in [1.54, 1.807) is 0 Å². The number of likely N-dealkylation sites (tertiary alicyclic amines) is 1. The maximum Gasteiger partial charge on any atom is 0.0719 e. The molecule has 0 amide bonds. The summed E-state index contributed by atoms with van der Waals surface area (Å²) >= 11 is 3.45. The molecule has 1 heterocycles. The average molecular weight is 298 g/mol. The molecule has 94 valence electrons. The number of aliphatic hydroxyl groups is 1. The van der Waals surface area contributed by atoms with Gasteiger partial charge in [-0.05, 0) is 50.9 Å². The molecule has 0 aliphatic carbocycles. The van der Waals surface area contributed by atoms with Crippen molar-refractivity contribution >= 4 is 15.9 Å². The van der Waals surface area contributed by atoms with Crippen molar-refractivity contribution in [3.8, 4) is 0 Å². The van der Waals surface area contributed by atoms with Crippen LogP contribution in [0.4, 0.5) is 0 Å². The number of halogens is 1. The van der Waals surface area contributed by atoms with Crippen LogP contribution in [0.1, 0.15) is 32.3 Å². The molecular formula is C14H20BrNO. The van der Waals surface area contributed by atoms with Crippen LogP contribution in [-0.2, 0) is 6.54 Å². The highest BCUT2D eigenvalue weighted by atomic mass is 79.9. The number of hydrogen-bond donors (Lipinski definition) is 1. The summed E-state index contributed by atoms with van der Waals surface area (Å²) < 4.78 is 1.11. The number of benzene rings is 1. The van der Waals surface area contributed by atoms with Crippen LogP contribution >= 0.6 is 15.9 Å². The van der Waals surface area contributed by atoms with Crippen molar-refractivity contribution in [1.29, 1.82) is 0 Å². The fraction of sp³-hybridized carbons (Fsp3) is 0.571. The Morgan fingerprint density at radius 1 is 1.35 bits per heavy atom. The third kappa shape index (κ3) is 2.90. The second-order valence-corrected chi connectivity index (χ2v) is 6.28. The molecule has 1 aromatic carbocycles. The van der Waals surface area contributed by atoms with Crippen LogP contribution in [0, 0.1) is 0 Å². The first kappa shape index (κ1) is 13.1. The first-order valence-electron chi connectivity index (χ1n) is 6.18. The highest BCUT2D eigenvalue weighted by Gasteiger charge is 2.37. The van der Waals surface area contributed by atoms with Gasteiger partial charge in [-0.1, -0.05) is 28.1 Å². The van der Waals surface area contributed by atoms with Crippen LogP contribution in [0.25, 0.3) is 0 Å². The van der Waals surface area contributed by atoms with Gasteiger partial charge in [0, 0.05) is 16.6 Å². The minimum absolute atomic E-state index is 0.120. The van der Waals surface area contributed by atoms with Crippen molar-refractivity contribution in [1.82, 2.24) is 4.90 Å². The van der Waals surface area contributed by atoms with E-state index in [4.69, 9.17) is 0 Å². The average Bonchev–Trinajstić information content (AvgIpc) is 2.28. The van der Waals surface area contributed by atoms with Gasteiger partial charge in [-0.15, -0.1) is 0 Å². The molecular weight excluding hydrogens is 278 g/mol. The van der Waals surface area contributed by atoms with Gasteiger partial charge in [0.25, 0.3) is 0 Å². The van der Waals surface area contributed by atoms with E-state index in [0.29, 0.717) is 0 Å². The molecule has 3 heteroatoms. The molecule has 17 heavy (non-hydrogen) atoms. The van der Waals surface area contributed by atoms with Crippen molar-refractivity contribution in [3.63, 3.8) is 0 Å². The molecule has 0 bridgehead atoms. The minimum Gasteiger partial charge on any atom is -0.391 e. The lowest BCUT2D eigenvalue weighted by atomic mass is 9.87. The Balaban J connectivity index is 2.09. The van der Waals surface area contributed by atoms with E-state index in [2.05, 4.69) is 58.9 Å². The zero-order valence-electron chi connectivity index (χ0n) is 10.5. The van der Waals surface area contributed by atoms with Gasteiger partial charge in [0.15, 0.2) is 0 Å². The highest BCUT2D eigenvalue weighted by molar-refractivity contribution is 9.10. The van der Waals surface area contributed by atoms with E-state index in [1.165, 1.54) is 5.56 Å². The molecule has 2 rings (SSSR count). The molecule has 1 saturated heterocycles. The van der Waals surface area contributed by atoms with Crippen molar-refractivity contribution < 1.29 is 5.11 Å². The summed E-state index contributed by atoms with van der Waals surface area (Å²) in [5.74, 6) is 0. The van der Waals surface area contributed by atoms with Gasteiger partial charge in [0.05, 0.1) is 6.10 Å². The highest BCUT2D eigenvalue weighted by Crippen LogP contribution is 2.29. The van der Waals surface area contributed by atoms with Gasteiger partial charge >= 0.3 is 0 Å². The molecule has 1 N–H and O–H groups in total. The van der Waals surface area contributed by atoms with Crippen LogP contribution in [0.3, 0.4) is 0 Å². The predicted molar refractivity (Wildman–Crippen MR) is 73.9 cm³/mol. The zero-order chi connectivity index (χ0) is 12.5. The fourth-order valence-corrected chi connectivity index (χ4v) is 2.68. The molecule has 1 aromatic rings. The zero-order valence-corrected chi connectivity index (χ0v) is 12.1. The molecule has 1 aliphatic rings. The Labute approximate surface area is 112 Å². The van der Waals surface area contributed by atoms with Crippen molar-refractivity contribution in [2.24, 2.45) is 0 Å². The smallest absolute Gasteiger partial charge is 0.0719 e. The molecule has 1 aliphatic heterocycles. The Hall–Kier alpha value is -0.380. The predicted octanol–water partition coefficient (Wildman–Crippen LogP) is 3.18. The van der Waals surface area contributed by atoms with E-state index in [0.717, 1.165) is 30.4 Å². The number of nitrogens with zero attached hydrogens (tertiary/aromatic N) is 1. The van der Waals surface area contributed by atoms with Crippen molar-refractivity contribution in [3.05, 3.63) is 34.3 Å². The maximum atomic E-state index is 10.1. The van der Waals surface area contributed by atoms with E-state index in [1.807, 2.05) is 0 Å². The van der Waals surface area contributed by atoms with E-state index >= 15 is 0 Å². The standard InChI is InChI=1S/C14H20BrNO/c1-14(2)13(17)4-3-9-16(14)10-11-5-7-12(15)8-6-11/h5-8,13,17H,3-4,9-10H2,1-2H3. The third-order valence-corrected chi connectivity index (χ3v) is 4.35. The lowest BCUT2D eigenvalue weighted by Crippen LogP contribution is -2.55. The van der Waals surface area contributed by atoms with E-state index < -0.39 is 0 Å². The maximum absolute atomic E-state index is 10.1. The summed E-state index contributed by atoms with van der Waals surface area (Å²) in [5.41, 5.74) is 1.18. The second-order valence-electron chi connectivity index (χ2n) is 5.36. The number of aliphatic hydroxyl groups excluding tert-OH is 1. The molecule has 2 nitrogen and oxygen atoms in total. The summed E-state index contributed by atoms with van der Waals surface area (Å²) in [4.78, 5) is 2.38. The molecule has 1 fully saturated rings. The topological polar surface area (TPSA) is 23.5 Å². The SMILES string of the molecule is CC1(C)C(O)CCCN1Cc1ccc(Br)cc1. The van der Waals surface area contributed by atoms with E-state index in [9.17, 15) is 5.11 Å². The minimum atomic E-state index is -0.216. The Morgan fingerprint density at radius 3 is 2.65 bits per heavy atom. The Morgan fingerprint density at radius 2 is 2.00 bits per heavy atom. The summed E-state index contributed by atoms with van der Waals surface area (Å²) in [6.45, 7) is 6.25. The third-order valence-electron chi connectivity index (χ3n) is 3.82. The van der Waals surface area contributed by atoms with Crippen molar-refractivity contribution in [2.45, 2.75) is 44.9 Å². The van der Waals surface area contributed by atoms with Crippen LogP contribution in [0.5, 0.6) is 0 Å². The van der Waals surface area contributed by atoms with Gasteiger partial charge < -0.3 is 5.11 Å². The molecule has 0 saturated carbocycles. The lowest BCUT2D eigenvalue weighted by molar-refractivity contribution is -0.0481.